The molecule has 2 N–H and O–H groups in total. The fourth-order valence-electron chi connectivity index (χ4n) is 1.17. The molecule has 0 aromatic carbocycles. The van der Waals surface area contributed by atoms with Crippen LogP contribution >= 0.6 is 0 Å². The molecule has 76 valence electrons. The van der Waals surface area contributed by atoms with Gasteiger partial charge in [-0.15, -0.1) is 0 Å². The summed E-state index contributed by atoms with van der Waals surface area (Å²) >= 11 is 0. The molecule has 14 heavy (non-hydrogen) atoms. The lowest BCUT2D eigenvalue weighted by molar-refractivity contribution is 0.0975. The number of hydrogen-bond acceptors (Lipinski definition) is 3. The van der Waals surface area contributed by atoms with Gasteiger partial charge in [-0.1, -0.05) is 6.07 Å². The molecular formula is C10H14N2O2. The van der Waals surface area contributed by atoms with Crippen molar-refractivity contribution in [2.24, 2.45) is 0 Å². The SMILES string of the molecule is CNCCCC(=O)c1cccc(=O)[nH]1. The molecule has 0 unspecified atom stereocenters. The third-order valence-electron chi connectivity index (χ3n) is 1.90. The highest BCUT2D eigenvalue weighted by atomic mass is 16.1. The first-order valence-electron chi connectivity index (χ1n) is 4.61. The molecule has 0 spiro atoms. The molecule has 0 aliphatic heterocycles. The second-order valence-electron chi connectivity index (χ2n) is 3.06. The summed E-state index contributed by atoms with van der Waals surface area (Å²) in [4.78, 5) is 24.9. The number of Topliss-reactive ketones (excluding diaryl/α,β-unsaturated/α-hetero) is 1. The highest BCUT2D eigenvalue weighted by molar-refractivity contribution is 5.94. The quantitative estimate of drug-likeness (QED) is 0.531. The summed E-state index contributed by atoms with van der Waals surface area (Å²) < 4.78 is 0. The van der Waals surface area contributed by atoms with Crippen LogP contribution in [0.4, 0.5) is 0 Å². The van der Waals surface area contributed by atoms with Crippen molar-refractivity contribution in [3.05, 3.63) is 34.2 Å². The van der Waals surface area contributed by atoms with Crippen LogP contribution in [-0.4, -0.2) is 24.4 Å². The molecule has 0 saturated carbocycles. The zero-order chi connectivity index (χ0) is 10.4. The number of rotatable bonds is 5. The van der Waals surface area contributed by atoms with Gasteiger partial charge in [0.2, 0.25) is 5.56 Å². The van der Waals surface area contributed by atoms with Crippen LogP contribution < -0.4 is 10.9 Å². The van der Waals surface area contributed by atoms with E-state index in [9.17, 15) is 9.59 Å². The lowest BCUT2D eigenvalue weighted by atomic mass is 10.1. The van der Waals surface area contributed by atoms with E-state index in [1.165, 1.54) is 6.07 Å². The second kappa shape index (κ2) is 5.34. The number of ketones is 1. The highest BCUT2D eigenvalue weighted by Gasteiger charge is 2.04. The monoisotopic (exact) mass is 194 g/mol. The van der Waals surface area contributed by atoms with E-state index in [0.29, 0.717) is 12.1 Å². The molecular weight excluding hydrogens is 180 g/mol. The summed E-state index contributed by atoms with van der Waals surface area (Å²) in [7, 11) is 1.84. The topological polar surface area (TPSA) is 62.0 Å². The average molecular weight is 194 g/mol. The number of carbonyl (C=O) groups excluding carboxylic acids is 1. The van der Waals surface area contributed by atoms with E-state index in [2.05, 4.69) is 10.3 Å². The minimum Gasteiger partial charge on any atom is -0.320 e. The van der Waals surface area contributed by atoms with Crippen LogP contribution in [0.25, 0.3) is 0 Å². The molecule has 4 nitrogen and oxygen atoms in total. The predicted octanol–water partition coefficient (Wildman–Crippen LogP) is 0.557. The average Bonchev–Trinajstić information content (AvgIpc) is 2.18. The van der Waals surface area contributed by atoms with Crippen LogP contribution in [-0.2, 0) is 0 Å². The number of aromatic nitrogens is 1. The maximum atomic E-state index is 11.5. The van der Waals surface area contributed by atoms with Gasteiger partial charge in [0.15, 0.2) is 5.78 Å². The van der Waals surface area contributed by atoms with Crippen LogP contribution in [0.1, 0.15) is 23.3 Å². The number of aromatic amines is 1. The zero-order valence-corrected chi connectivity index (χ0v) is 8.17. The maximum Gasteiger partial charge on any atom is 0.248 e. The number of nitrogens with one attached hydrogen (secondary N) is 2. The Bertz CT molecular complexity index is 357. The van der Waals surface area contributed by atoms with Crippen LogP contribution in [0, 0.1) is 0 Å². The summed E-state index contributed by atoms with van der Waals surface area (Å²) in [5.74, 6) is -0.0158. The Morgan fingerprint density at radius 3 is 2.93 bits per heavy atom. The molecule has 1 aromatic heterocycles. The van der Waals surface area contributed by atoms with Crippen molar-refractivity contribution >= 4 is 5.78 Å². The molecule has 1 rings (SSSR count). The summed E-state index contributed by atoms with van der Waals surface area (Å²) in [6.45, 7) is 0.808. The zero-order valence-electron chi connectivity index (χ0n) is 8.17. The molecule has 0 atom stereocenters. The highest BCUT2D eigenvalue weighted by Crippen LogP contribution is 1.99. The van der Waals surface area contributed by atoms with E-state index < -0.39 is 0 Å². The smallest absolute Gasteiger partial charge is 0.248 e. The molecule has 0 fully saturated rings. The normalized spacial score (nSPS) is 10.1. The maximum absolute atomic E-state index is 11.5. The minimum atomic E-state index is -0.232. The first-order chi connectivity index (χ1) is 6.74. The first kappa shape index (κ1) is 10.7. The van der Waals surface area contributed by atoms with E-state index in [1.807, 2.05) is 7.05 Å². The van der Waals surface area contributed by atoms with E-state index >= 15 is 0 Å². The molecule has 0 bridgehead atoms. The summed E-state index contributed by atoms with van der Waals surface area (Å²) in [6.07, 6.45) is 1.24. The Kier molecular flexibility index (Phi) is 4.07. The van der Waals surface area contributed by atoms with Crippen molar-refractivity contribution < 1.29 is 4.79 Å². The molecule has 1 heterocycles. The van der Waals surface area contributed by atoms with Crippen molar-refractivity contribution in [3.8, 4) is 0 Å². The van der Waals surface area contributed by atoms with E-state index in [4.69, 9.17) is 0 Å². The lowest BCUT2D eigenvalue weighted by Gasteiger charge is -1.99. The predicted molar refractivity (Wildman–Crippen MR) is 54.6 cm³/mol. The van der Waals surface area contributed by atoms with Crippen molar-refractivity contribution in [1.29, 1.82) is 0 Å². The van der Waals surface area contributed by atoms with Gasteiger partial charge in [-0.25, -0.2) is 0 Å². The van der Waals surface area contributed by atoms with Crippen LogP contribution in [0.15, 0.2) is 23.0 Å². The largest absolute Gasteiger partial charge is 0.320 e. The second-order valence-corrected chi connectivity index (χ2v) is 3.06. The van der Waals surface area contributed by atoms with Crippen LogP contribution in [0.3, 0.4) is 0 Å². The minimum absolute atomic E-state index is 0.0158. The van der Waals surface area contributed by atoms with Gasteiger partial charge in [0.05, 0.1) is 5.69 Å². The van der Waals surface area contributed by atoms with Crippen molar-refractivity contribution in [3.63, 3.8) is 0 Å². The Labute approximate surface area is 82.3 Å². The Balaban J connectivity index is 2.56. The Morgan fingerprint density at radius 2 is 2.29 bits per heavy atom. The Morgan fingerprint density at radius 1 is 1.50 bits per heavy atom. The van der Waals surface area contributed by atoms with Gasteiger partial charge >= 0.3 is 0 Å². The number of H-pyrrole nitrogens is 1. The van der Waals surface area contributed by atoms with E-state index in [0.717, 1.165) is 13.0 Å². The summed E-state index contributed by atoms with van der Waals surface area (Å²) in [5, 5.41) is 2.96. The van der Waals surface area contributed by atoms with Gasteiger partial charge in [-0.3, -0.25) is 9.59 Å². The number of hydrogen-bond donors (Lipinski definition) is 2. The van der Waals surface area contributed by atoms with Gasteiger partial charge in [0.25, 0.3) is 0 Å². The number of carbonyl (C=O) groups is 1. The molecule has 0 radical (unpaired) electrons. The summed E-state index contributed by atoms with van der Waals surface area (Å²) in [5.41, 5.74) is 0.165. The summed E-state index contributed by atoms with van der Waals surface area (Å²) in [6, 6.07) is 4.61. The molecule has 0 aliphatic rings. The third kappa shape index (κ3) is 3.14. The molecule has 0 amide bonds. The van der Waals surface area contributed by atoms with Gasteiger partial charge < -0.3 is 10.3 Å². The molecule has 0 aliphatic carbocycles. The van der Waals surface area contributed by atoms with Gasteiger partial charge in [-0.2, -0.15) is 0 Å². The van der Waals surface area contributed by atoms with Gasteiger partial charge in [-0.05, 0) is 26.1 Å². The molecule has 0 saturated heterocycles. The Hall–Kier alpha value is -1.42. The van der Waals surface area contributed by atoms with Gasteiger partial charge in [0.1, 0.15) is 0 Å². The fraction of sp³-hybridized carbons (Fsp3) is 0.400. The lowest BCUT2D eigenvalue weighted by Crippen LogP contribution is -2.13. The third-order valence-corrected chi connectivity index (χ3v) is 1.90. The standard InChI is InChI=1S/C10H14N2O2/c1-11-7-3-5-9(13)8-4-2-6-10(14)12-8/h2,4,6,11H,3,5,7H2,1H3,(H,12,14). The van der Waals surface area contributed by atoms with Gasteiger partial charge in [0, 0.05) is 12.5 Å². The van der Waals surface area contributed by atoms with E-state index in [1.54, 1.807) is 12.1 Å². The number of pyridine rings is 1. The van der Waals surface area contributed by atoms with Crippen LogP contribution in [0.5, 0.6) is 0 Å². The van der Waals surface area contributed by atoms with Crippen molar-refractivity contribution in [1.82, 2.24) is 10.3 Å². The van der Waals surface area contributed by atoms with Crippen molar-refractivity contribution in [2.75, 3.05) is 13.6 Å². The molecule has 4 heteroatoms. The molecule has 1 aromatic rings. The van der Waals surface area contributed by atoms with Crippen molar-refractivity contribution in [2.45, 2.75) is 12.8 Å². The van der Waals surface area contributed by atoms with E-state index in [-0.39, 0.29) is 11.3 Å². The fourth-order valence-corrected chi connectivity index (χ4v) is 1.17. The van der Waals surface area contributed by atoms with Crippen LogP contribution in [0.2, 0.25) is 0 Å². The first-order valence-corrected chi connectivity index (χ1v) is 4.61.